The van der Waals surface area contributed by atoms with Crippen molar-refractivity contribution in [2.45, 2.75) is 25.4 Å². The molecule has 0 aromatic heterocycles. The molecule has 1 atom stereocenters. The molecule has 45 heavy (non-hydrogen) atoms. The Morgan fingerprint density at radius 3 is 2.20 bits per heavy atom. The van der Waals surface area contributed by atoms with E-state index >= 15 is 0 Å². The summed E-state index contributed by atoms with van der Waals surface area (Å²) in [4.78, 5) is 55.5. The van der Waals surface area contributed by atoms with E-state index in [1.807, 2.05) is 65.6 Å². The minimum atomic E-state index is -0.578. The number of carbonyl (C=O) groups excluding carboxylic acids is 4. The molecule has 11 heteroatoms. The summed E-state index contributed by atoms with van der Waals surface area (Å²) in [6, 6.07) is 25.7. The Morgan fingerprint density at radius 2 is 1.60 bits per heavy atom. The van der Waals surface area contributed by atoms with E-state index in [1.165, 1.54) is 4.90 Å². The van der Waals surface area contributed by atoms with E-state index in [2.05, 4.69) is 5.32 Å². The van der Waals surface area contributed by atoms with Gasteiger partial charge in [-0.25, -0.2) is 4.79 Å². The average Bonchev–Trinajstić information content (AvgIpc) is 3.41. The van der Waals surface area contributed by atoms with Crippen LogP contribution in [0, 0.1) is 5.41 Å². The van der Waals surface area contributed by atoms with Crippen LogP contribution in [0.25, 0.3) is 0 Å². The maximum Gasteiger partial charge on any atom is 0.414 e. The molecule has 2 aliphatic rings. The van der Waals surface area contributed by atoms with Crippen molar-refractivity contribution in [3.05, 3.63) is 102 Å². The zero-order valence-electron chi connectivity index (χ0n) is 25.2. The summed E-state index contributed by atoms with van der Waals surface area (Å²) in [5.41, 5.74) is 2.76. The van der Waals surface area contributed by atoms with Crippen LogP contribution in [0.15, 0.2) is 84.9 Å². The molecule has 2 aliphatic heterocycles. The van der Waals surface area contributed by atoms with E-state index in [0.29, 0.717) is 50.6 Å². The van der Waals surface area contributed by atoms with Gasteiger partial charge < -0.3 is 19.7 Å². The highest BCUT2D eigenvalue weighted by Gasteiger charge is 2.35. The second-order valence-electron chi connectivity index (χ2n) is 11.0. The molecule has 2 saturated heterocycles. The first-order chi connectivity index (χ1) is 21.8. The summed E-state index contributed by atoms with van der Waals surface area (Å²) >= 11 is 0. The van der Waals surface area contributed by atoms with E-state index in [1.54, 1.807) is 36.1 Å². The van der Waals surface area contributed by atoms with Crippen molar-refractivity contribution in [3.63, 3.8) is 0 Å². The van der Waals surface area contributed by atoms with Crippen molar-refractivity contribution >= 4 is 35.4 Å². The van der Waals surface area contributed by atoms with Crippen LogP contribution in [0.1, 0.15) is 36.0 Å². The van der Waals surface area contributed by atoms with E-state index in [4.69, 9.17) is 14.9 Å². The fourth-order valence-corrected chi connectivity index (χ4v) is 5.59. The topological polar surface area (TPSA) is 132 Å². The number of rotatable bonds is 11. The van der Waals surface area contributed by atoms with Gasteiger partial charge in [0.2, 0.25) is 11.8 Å². The van der Waals surface area contributed by atoms with Gasteiger partial charge in [0, 0.05) is 37.4 Å². The number of nitrogens with zero attached hydrogens (tertiary/aromatic N) is 3. The van der Waals surface area contributed by atoms with Crippen molar-refractivity contribution < 1.29 is 28.7 Å². The van der Waals surface area contributed by atoms with Gasteiger partial charge in [-0.2, -0.15) is 0 Å². The quantitative estimate of drug-likeness (QED) is 0.193. The minimum Gasteiger partial charge on any atom is -0.466 e. The first-order valence-electron chi connectivity index (χ1n) is 15.1. The largest absolute Gasteiger partial charge is 0.466 e. The number of benzene rings is 3. The van der Waals surface area contributed by atoms with E-state index < -0.39 is 18.1 Å². The van der Waals surface area contributed by atoms with Gasteiger partial charge in [0.05, 0.1) is 32.0 Å². The molecular formula is C34H37N5O6. The number of hydrogen-bond donors (Lipinski definition) is 2. The molecule has 0 saturated carbocycles. The molecule has 0 aliphatic carbocycles. The Labute approximate surface area is 262 Å². The molecule has 0 bridgehead atoms. The first kappa shape index (κ1) is 31.4. The summed E-state index contributed by atoms with van der Waals surface area (Å²) in [5.74, 6) is -1.33. The van der Waals surface area contributed by atoms with Crippen LogP contribution in [0.4, 0.5) is 10.5 Å². The second kappa shape index (κ2) is 14.6. The number of ether oxygens (including phenoxy) is 2. The molecule has 0 radical (unpaired) electrons. The maximum atomic E-state index is 13.4. The lowest BCUT2D eigenvalue weighted by Gasteiger charge is -2.34. The number of amidine groups is 1. The van der Waals surface area contributed by atoms with Gasteiger partial charge in [-0.3, -0.25) is 29.6 Å². The summed E-state index contributed by atoms with van der Waals surface area (Å²) in [6.45, 7) is 4.41. The van der Waals surface area contributed by atoms with Gasteiger partial charge in [0.1, 0.15) is 11.9 Å². The van der Waals surface area contributed by atoms with Crippen LogP contribution in [-0.2, 0) is 23.9 Å². The highest BCUT2D eigenvalue weighted by Crippen LogP contribution is 2.26. The predicted molar refractivity (Wildman–Crippen MR) is 168 cm³/mol. The van der Waals surface area contributed by atoms with Crippen LogP contribution in [0.3, 0.4) is 0 Å². The van der Waals surface area contributed by atoms with Gasteiger partial charge >= 0.3 is 12.1 Å². The fourth-order valence-electron chi connectivity index (χ4n) is 5.59. The van der Waals surface area contributed by atoms with Crippen molar-refractivity contribution in [2.24, 2.45) is 0 Å². The number of nitrogens with one attached hydrogen (secondary N) is 2. The minimum absolute atomic E-state index is 0.0450. The molecule has 3 aromatic rings. The zero-order valence-corrected chi connectivity index (χ0v) is 25.2. The second-order valence-corrected chi connectivity index (χ2v) is 11.0. The Kier molecular flexibility index (Phi) is 10.2. The molecule has 2 N–H and O–H groups in total. The number of esters is 1. The molecule has 2 heterocycles. The summed E-state index contributed by atoms with van der Waals surface area (Å²) < 4.78 is 10.5. The van der Waals surface area contributed by atoms with Crippen molar-refractivity contribution in [3.8, 4) is 0 Å². The van der Waals surface area contributed by atoms with Gasteiger partial charge in [0.25, 0.3) is 0 Å². The van der Waals surface area contributed by atoms with Crippen molar-refractivity contribution in [2.75, 3.05) is 50.8 Å². The summed E-state index contributed by atoms with van der Waals surface area (Å²) in [6.07, 6.45) is -0.730. The molecule has 11 nitrogen and oxygen atoms in total. The van der Waals surface area contributed by atoms with Gasteiger partial charge in [0.15, 0.2) is 0 Å². The smallest absolute Gasteiger partial charge is 0.414 e. The normalized spacial score (nSPS) is 16.9. The monoisotopic (exact) mass is 611 g/mol. The molecule has 3 aromatic carbocycles. The molecular weight excluding hydrogens is 574 g/mol. The molecule has 2 fully saturated rings. The molecule has 0 spiro atoms. The number of anilines is 1. The lowest BCUT2D eigenvalue weighted by atomic mass is 9.90. The number of cyclic esters (lactones) is 1. The van der Waals surface area contributed by atoms with Gasteiger partial charge in [-0.05, 0) is 42.3 Å². The fraction of sp³-hybridized carbons (Fsp3) is 0.324. The number of amides is 3. The lowest BCUT2D eigenvalue weighted by Crippen LogP contribution is -2.52. The standard InChI is InChI=1S/C34H37N5O6/c1-2-44-30(41)17-18-38-20-19-37(23-29(38)40)21-28-22-39(34(43)45-28)27-15-13-26(14-16-27)32(35)36-33(42)31(24-9-5-3-6-10-24)25-11-7-4-8-12-25/h3-16,28,31H,2,17-23H2,1H3,(H2,35,36,42). The number of piperazine rings is 1. The van der Waals surface area contributed by atoms with Gasteiger partial charge in [-0.15, -0.1) is 0 Å². The highest BCUT2D eigenvalue weighted by molar-refractivity contribution is 6.08. The third-order valence-electron chi connectivity index (χ3n) is 7.87. The van der Waals surface area contributed by atoms with Crippen molar-refractivity contribution in [1.29, 1.82) is 5.41 Å². The molecule has 5 rings (SSSR count). The number of hydrogen-bond acceptors (Lipinski definition) is 8. The third-order valence-corrected chi connectivity index (χ3v) is 7.87. The molecule has 234 valence electrons. The Balaban J connectivity index is 1.15. The third kappa shape index (κ3) is 7.93. The number of carbonyl (C=O) groups is 4. The Morgan fingerprint density at radius 1 is 0.956 bits per heavy atom. The lowest BCUT2D eigenvalue weighted by molar-refractivity contribution is -0.144. The van der Waals surface area contributed by atoms with Crippen LogP contribution >= 0.6 is 0 Å². The summed E-state index contributed by atoms with van der Waals surface area (Å²) in [7, 11) is 0. The van der Waals surface area contributed by atoms with Gasteiger partial charge in [-0.1, -0.05) is 60.7 Å². The van der Waals surface area contributed by atoms with E-state index in [9.17, 15) is 19.2 Å². The molecule has 1 unspecified atom stereocenters. The van der Waals surface area contributed by atoms with E-state index in [-0.39, 0.29) is 36.6 Å². The van der Waals surface area contributed by atoms with Crippen LogP contribution in [-0.4, -0.2) is 91.5 Å². The predicted octanol–water partition coefficient (Wildman–Crippen LogP) is 3.38. The SMILES string of the molecule is CCOC(=O)CCN1CCN(CC2CN(c3ccc(C(=N)NC(=O)C(c4ccccc4)c4ccccc4)cc3)C(=O)O2)CC1=O. The summed E-state index contributed by atoms with van der Waals surface area (Å²) in [5, 5.41) is 11.3. The van der Waals surface area contributed by atoms with Crippen LogP contribution in [0.5, 0.6) is 0 Å². The Hall–Kier alpha value is -5.03. The highest BCUT2D eigenvalue weighted by atomic mass is 16.6. The average molecular weight is 612 g/mol. The first-order valence-corrected chi connectivity index (χ1v) is 15.1. The van der Waals surface area contributed by atoms with Crippen molar-refractivity contribution in [1.82, 2.24) is 15.1 Å². The maximum absolute atomic E-state index is 13.4. The van der Waals surface area contributed by atoms with Crippen LogP contribution < -0.4 is 10.2 Å². The zero-order chi connectivity index (χ0) is 31.8. The Bertz CT molecular complexity index is 1480. The molecule has 3 amide bonds. The van der Waals surface area contributed by atoms with E-state index in [0.717, 1.165) is 11.1 Å². The van der Waals surface area contributed by atoms with Crippen LogP contribution in [0.2, 0.25) is 0 Å².